The molecule has 2 aromatic rings. The van der Waals surface area contributed by atoms with Gasteiger partial charge >= 0.3 is 0 Å². The van der Waals surface area contributed by atoms with Gasteiger partial charge in [0.2, 0.25) is 0 Å². The third-order valence-corrected chi connectivity index (χ3v) is 4.41. The van der Waals surface area contributed by atoms with Gasteiger partial charge in [0.25, 0.3) is 11.7 Å². The van der Waals surface area contributed by atoms with Crippen molar-refractivity contribution in [2.45, 2.75) is 19.5 Å². The fraction of sp³-hybridized carbons (Fsp3) is 0.200. The predicted molar refractivity (Wildman–Crippen MR) is 92.9 cm³/mol. The van der Waals surface area contributed by atoms with Crippen molar-refractivity contribution in [3.63, 3.8) is 0 Å². The number of likely N-dealkylation sites (tertiary alicyclic amines) is 1. The standard InChI is InChI=1S/C20H19FN2O2/c1-13(22-12-14-6-4-3-5-7-14)17-18(23(2)20(25)19(17)24)15-8-10-16(21)11-9-15/h3-11,18,22H,12H2,1-2H3/b17-13-. The van der Waals surface area contributed by atoms with Gasteiger partial charge in [-0.2, -0.15) is 0 Å². The first-order chi connectivity index (χ1) is 12.0. The number of benzene rings is 2. The van der Waals surface area contributed by atoms with Crippen LogP contribution in [0.15, 0.2) is 65.9 Å². The minimum atomic E-state index is -0.551. The maximum Gasteiger partial charge on any atom is 0.295 e. The highest BCUT2D eigenvalue weighted by Gasteiger charge is 2.42. The number of carbonyl (C=O) groups excluding carboxylic acids is 2. The van der Waals surface area contributed by atoms with Crippen molar-refractivity contribution in [2.75, 3.05) is 7.05 Å². The number of carbonyl (C=O) groups is 2. The number of likely N-dealkylation sites (N-methyl/N-ethyl adjacent to an activating group) is 1. The summed E-state index contributed by atoms with van der Waals surface area (Å²) in [6, 6.07) is 15.2. The monoisotopic (exact) mass is 338 g/mol. The molecule has 1 N–H and O–H groups in total. The zero-order valence-corrected chi connectivity index (χ0v) is 14.1. The summed E-state index contributed by atoms with van der Waals surface area (Å²) < 4.78 is 13.2. The van der Waals surface area contributed by atoms with E-state index in [-0.39, 0.29) is 5.82 Å². The maximum absolute atomic E-state index is 13.2. The van der Waals surface area contributed by atoms with Gasteiger partial charge in [-0.15, -0.1) is 0 Å². The van der Waals surface area contributed by atoms with E-state index in [1.54, 1.807) is 26.1 Å². The largest absolute Gasteiger partial charge is 0.384 e. The van der Waals surface area contributed by atoms with Gasteiger partial charge < -0.3 is 10.2 Å². The summed E-state index contributed by atoms with van der Waals surface area (Å²) in [6.07, 6.45) is 0. The van der Waals surface area contributed by atoms with Gasteiger partial charge in [0.15, 0.2) is 0 Å². The van der Waals surface area contributed by atoms with Gasteiger partial charge in [-0.1, -0.05) is 42.5 Å². The molecule has 25 heavy (non-hydrogen) atoms. The Morgan fingerprint density at radius 2 is 1.72 bits per heavy atom. The van der Waals surface area contributed by atoms with Crippen LogP contribution < -0.4 is 5.32 Å². The molecule has 1 unspecified atom stereocenters. The van der Waals surface area contributed by atoms with Gasteiger partial charge in [0, 0.05) is 19.3 Å². The van der Waals surface area contributed by atoms with E-state index in [2.05, 4.69) is 5.32 Å². The van der Waals surface area contributed by atoms with E-state index in [9.17, 15) is 14.0 Å². The molecule has 5 heteroatoms. The summed E-state index contributed by atoms with van der Waals surface area (Å²) in [5.41, 5.74) is 2.85. The van der Waals surface area contributed by atoms with E-state index in [1.807, 2.05) is 30.3 Å². The van der Waals surface area contributed by atoms with Crippen molar-refractivity contribution in [2.24, 2.45) is 0 Å². The first kappa shape index (κ1) is 16.9. The number of hydrogen-bond acceptors (Lipinski definition) is 3. The first-order valence-electron chi connectivity index (χ1n) is 8.04. The molecule has 128 valence electrons. The minimum Gasteiger partial charge on any atom is -0.384 e. The molecular weight excluding hydrogens is 319 g/mol. The van der Waals surface area contributed by atoms with E-state index in [4.69, 9.17) is 0 Å². The molecule has 2 aromatic carbocycles. The van der Waals surface area contributed by atoms with Crippen LogP contribution in [-0.2, 0) is 16.1 Å². The predicted octanol–water partition coefficient (Wildman–Crippen LogP) is 2.97. The van der Waals surface area contributed by atoms with E-state index in [0.29, 0.717) is 23.4 Å². The van der Waals surface area contributed by atoms with Crippen molar-refractivity contribution in [3.8, 4) is 0 Å². The molecule has 1 heterocycles. The summed E-state index contributed by atoms with van der Waals surface area (Å²) in [6.45, 7) is 2.34. The maximum atomic E-state index is 13.2. The Hall–Kier alpha value is -2.95. The lowest BCUT2D eigenvalue weighted by Gasteiger charge is -2.22. The number of nitrogens with one attached hydrogen (secondary N) is 1. The van der Waals surface area contributed by atoms with Gasteiger partial charge in [0.05, 0.1) is 11.6 Å². The number of rotatable bonds is 4. The van der Waals surface area contributed by atoms with Crippen LogP contribution in [0.3, 0.4) is 0 Å². The molecule has 0 saturated carbocycles. The van der Waals surface area contributed by atoms with Gasteiger partial charge in [-0.3, -0.25) is 9.59 Å². The van der Waals surface area contributed by atoms with Crippen LogP contribution >= 0.6 is 0 Å². The third kappa shape index (κ3) is 3.31. The molecule has 1 aliphatic heterocycles. The van der Waals surface area contributed by atoms with Gasteiger partial charge in [-0.25, -0.2) is 4.39 Å². The number of allylic oxidation sites excluding steroid dienone is 1. The Labute approximate surface area is 146 Å². The summed E-state index contributed by atoms with van der Waals surface area (Å²) in [5.74, 6) is -1.42. The summed E-state index contributed by atoms with van der Waals surface area (Å²) in [4.78, 5) is 26.0. The van der Waals surface area contributed by atoms with Crippen LogP contribution in [0.1, 0.15) is 24.1 Å². The molecule has 0 aliphatic carbocycles. The average Bonchev–Trinajstić information content (AvgIpc) is 2.85. The molecule has 1 atom stereocenters. The van der Waals surface area contributed by atoms with Crippen LogP contribution in [0.25, 0.3) is 0 Å². The Kier molecular flexibility index (Phi) is 4.65. The highest BCUT2D eigenvalue weighted by Crippen LogP contribution is 2.35. The molecule has 1 saturated heterocycles. The molecule has 4 nitrogen and oxygen atoms in total. The summed E-state index contributed by atoms with van der Waals surface area (Å²) in [5, 5.41) is 3.23. The molecule has 1 amide bonds. The molecule has 1 fully saturated rings. The molecule has 0 aromatic heterocycles. The topological polar surface area (TPSA) is 49.4 Å². The lowest BCUT2D eigenvalue weighted by molar-refractivity contribution is -0.139. The summed E-state index contributed by atoms with van der Waals surface area (Å²) in [7, 11) is 1.59. The Morgan fingerprint density at radius 1 is 1.08 bits per heavy atom. The number of amides is 1. The van der Waals surface area contributed by atoms with Crippen LogP contribution in [0, 0.1) is 5.82 Å². The average molecular weight is 338 g/mol. The third-order valence-electron chi connectivity index (χ3n) is 4.41. The highest BCUT2D eigenvalue weighted by molar-refractivity contribution is 6.45. The quantitative estimate of drug-likeness (QED) is 0.689. The Bertz CT molecular complexity index is 829. The lowest BCUT2D eigenvalue weighted by Crippen LogP contribution is -2.25. The number of nitrogens with zero attached hydrogens (tertiary/aromatic N) is 1. The van der Waals surface area contributed by atoms with E-state index >= 15 is 0 Å². The molecule has 3 rings (SSSR count). The fourth-order valence-corrected chi connectivity index (χ4v) is 3.05. The molecular formula is C20H19FN2O2. The van der Waals surface area contributed by atoms with E-state index < -0.39 is 17.7 Å². The van der Waals surface area contributed by atoms with Gasteiger partial charge in [-0.05, 0) is 30.2 Å². The van der Waals surface area contributed by atoms with Crippen LogP contribution in [0.5, 0.6) is 0 Å². The number of halogens is 1. The smallest absolute Gasteiger partial charge is 0.295 e. The van der Waals surface area contributed by atoms with Crippen molar-refractivity contribution in [1.82, 2.24) is 10.2 Å². The fourth-order valence-electron chi connectivity index (χ4n) is 3.05. The second kappa shape index (κ2) is 6.89. The SMILES string of the molecule is C/C(NCc1ccccc1)=C1/C(=O)C(=O)N(C)C1c1ccc(F)cc1. The second-order valence-electron chi connectivity index (χ2n) is 6.08. The van der Waals surface area contributed by atoms with Crippen molar-refractivity contribution >= 4 is 11.7 Å². The van der Waals surface area contributed by atoms with Crippen molar-refractivity contribution in [1.29, 1.82) is 0 Å². The zero-order chi connectivity index (χ0) is 18.0. The van der Waals surface area contributed by atoms with Crippen molar-refractivity contribution in [3.05, 3.63) is 82.8 Å². The number of ketones is 1. The number of hydrogen-bond donors (Lipinski definition) is 1. The number of Topliss-reactive ketones (excluding diaryl/α,β-unsaturated/α-hetero) is 1. The Balaban J connectivity index is 1.93. The van der Waals surface area contributed by atoms with E-state index in [0.717, 1.165) is 5.56 Å². The molecule has 0 bridgehead atoms. The molecule has 0 spiro atoms. The van der Waals surface area contributed by atoms with Gasteiger partial charge in [0.1, 0.15) is 5.82 Å². The summed E-state index contributed by atoms with van der Waals surface area (Å²) >= 11 is 0. The minimum absolute atomic E-state index is 0.355. The first-order valence-corrected chi connectivity index (χ1v) is 8.04. The normalized spacial score (nSPS) is 19.3. The Morgan fingerprint density at radius 3 is 2.36 bits per heavy atom. The van der Waals surface area contributed by atoms with Crippen molar-refractivity contribution < 1.29 is 14.0 Å². The second-order valence-corrected chi connectivity index (χ2v) is 6.08. The lowest BCUT2D eigenvalue weighted by atomic mass is 9.97. The highest BCUT2D eigenvalue weighted by atomic mass is 19.1. The molecule has 1 aliphatic rings. The molecule has 0 radical (unpaired) electrons. The van der Waals surface area contributed by atoms with Crippen LogP contribution in [-0.4, -0.2) is 23.6 Å². The van der Waals surface area contributed by atoms with Crippen LogP contribution in [0.2, 0.25) is 0 Å². The zero-order valence-electron chi connectivity index (χ0n) is 14.1. The van der Waals surface area contributed by atoms with E-state index in [1.165, 1.54) is 17.0 Å². The van der Waals surface area contributed by atoms with Crippen LogP contribution in [0.4, 0.5) is 4.39 Å².